The molecule has 1 aliphatic rings. The average molecular weight is 396 g/mol. The van der Waals surface area contributed by atoms with Gasteiger partial charge in [0.15, 0.2) is 0 Å². The zero-order valence-corrected chi connectivity index (χ0v) is 16.3. The summed E-state index contributed by atoms with van der Waals surface area (Å²) in [6, 6.07) is 14.3. The van der Waals surface area contributed by atoms with E-state index in [-0.39, 0.29) is 6.23 Å². The molecule has 1 saturated heterocycles. The second kappa shape index (κ2) is 7.93. The van der Waals surface area contributed by atoms with Gasteiger partial charge in [-0.15, -0.1) is 0 Å². The molecule has 1 aliphatic heterocycles. The highest BCUT2D eigenvalue weighted by molar-refractivity contribution is 5.95. The van der Waals surface area contributed by atoms with Crippen LogP contribution in [0.5, 0.6) is 0 Å². The molecule has 30 heavy (non-hydrogen) atoms. The van der Waals surface area contributed by atoms with Crippen molar-refractivity contribution in [3.05, 3.63) is 72.6 Å². The van der Waals surface area contributed by atoms with Crippen molar-refractivity contribution in [2.45, 2.75) is 25.5 Å². The fraction of sp³-hybridized carbons (Fsp3) is 0.217. The van der Waals surface area contributed by atoms with Crippen LogP contribution in [-0.4, -0.2) is 26.1 Å². The lowest BCUT2D eigenvalue weighted by molar-refractivity contribution is -0.0295. The van der Waals surface area contributed by atoms with Crippen molar-refractivity contribution in [1.29, 1.82) is 0 Å². The molecule has 2 aromatic carbocycles. The van der Waals surface area contributed by atoms with Crippen LogP contribution in [-0.2, 0) is 4.74 Å². The summed E-state index contributed by atoms with van der Waals surface area (Å²) in [4.78, 5) is 16.6. The van der Waals surface area contributed by atoms with Crippen LogP contribution < -0.4 is 5.32 Å². The minimum Gasteiger partial charge on any atom is -0.358 e. The van der Waals surface area contributed by atoms with Crippen LogP contribution in [0.4, 0.5) is 17.3 Å². The molecule has 4 aromatic rings. The first-order valence-electron chi connectivity index (χ1n) is 9.96. The van der Waals surface area contributed by atoms with Gasteiger partial charge in [0.05, 0.1) is 23.9 Å². The summed E-state index contributed by atoms with van der Waals surface area (Å²) in [5.74, 6) is 0.445. The Kier molecular flexibility index (Phi) is 4.83. The van der Waals surface area contributed by atoms with Gasteiger partial charge in [-0.2, -0.15) is 0 Å². The van der Waals surface area contributed by atoms with E-state index in [2.05, 4.69) is 49.0 Å². The molecule has 1 unspecified atom stereocenters. The molecule has 1 N–H and O–H groups in total. The number of nitrogens with one attached hydrogen (secondary N) is 1. The molecule has 1 fully saturated rings. The van der Waals surface area contributed by atoms with Crippen LogP contribution in [0, 0.1) is 6.57 Å². The van der Waals surface area contributed by atoms with E-state index >= 15 is 0 Å². The maximum Gasteiger partial charge on any atom is 0.224 e. The molecule has 148 valence electrons. The highest BCUT2D eigenvalue weighted by Gasteiger charge is 2.20. The Morgan fingerprint density at radius 3 is 2.63 bits per heavy atom. The molecule has 3 heterocycles. The first-order valence-corrected chi connectivity index (χ1v) is 9.96. The number of nitrogens with zero attached hydrogens (tertiary/aromatic N) is 5. The molecule has 0 aliphatic carbocycles. The van der Waals surface area contributed by atoms with Crippen LogP contribution in [0.15, 0.2) is 61.2 Å². The van der Waals surface area contributed by atoms with Crippen LogP contribution in [0.1, 0.15) is 25.5 Å². The number of hydrogen-bond donors (Lipinski definition) is 1. The number of rotatable bonds is 4. The highest BCUT2D eigenvalue weighted by atomic mass is 16.5. The van der Waals surface area contributed by atoms with Gasteiger partial charge in [0.1, 0.15) is 6.23 Å². The third-order valence-corrected chi connectivity index (χ3v) is 5.25. The summed E-state index contributed by atoms with van der Waals surface area (Å²) < 4.78 is 8.13. The summed E-state index contributed by atoms with van der Waals surface area (Å²) in [6.45, 7) is 7.83. The second-order valence-corrected chi connectivity index (χ2v) is 7.23. The Morgan fingerprint density at radius 1 is 1.07 bits per heavy atom. The molecule has 1 atom stereocenters. The quantitative estimate of drug-likeness (QED) is 0.462. The fourth-order valence-corrected chi connectivity index (χ4v) is 3.79. The van der Waals surface area contributed by atoms with Crippen molar-refractivity contribution >= 4 is 28.4 Å². The van der Waals surface area contributed by atoms with Gasteiger partial charge in [-0.1, -0.05) is 30.3 Å². The normalized spacial score (nSPS) is 16.3. The molecule has 0 saturated carbocycles. The van der Waals surface area contributed by atoms with Gasteiger partial charge in [0.2, 0.25) is 11.6 Å². The number of anilines is 2. The van der Waals surface area contributed by atoms with Crippen molar-refractivity contribution in [3.63, 3.8) is 0 Å². The standard InChI is InChI=1S/C23H20N6O/c1-24-18-13-25-23(26-14-18)28-17-11-19(16-7-3-2-4-8-16)22-20(12-17)29(15-27-22)21-9-5-6-10-30-21/h2-4,7-8,11-15,21H,5-6,9-10H2,(H,25,26,28). The lowest BCUT2D eigenvalue weighted by Crippen LogP contribution is -2.17. The lowest BCUT2D eigenvalue weighted by atomic mass is 10.0. The Labute approximate surface area is 174 Å². The maximum atomic E-state index is 7.06. The monoisotopic (exact) mass is 396 g/mol. The van der Waals surface area contributed by atoms with Crippen molar-refractivity contribution in [3.8, 4) is 11.1 Å². The average Bonchev–Trinajstić information content (AvgIpc) is 3.24. The molecule has 2 aromatic heterocycles. The molecular formula is C23H20N6O. The number of fused-ring (bicyclic) bond motifs is 1. The van der Waals surface area contributed by atoms with Crippen LogP contribution in [0.3, 0.4) is 0 Å². The van der Waals surface area contributed by atoms with Gasteiger partial charge in [-0.05, 0) is 37.0 Å². The van der Waals surface area contributed by atoms with Crippen molar-refractivity contribution < 1.29 is 4.74 Å². The number of ether oxygens (including phenoxy) is 1. The summed E-state index contributed by atoms with van der Waals surface area (Å²) >= 11 is 0. The number of aromatic nitrogens is 4. The summed E-state index contributed by atoms with van der Waals surface area (Å²) in [5.41, 5.74) is 5.32. The lowest BCUT2D eigenvalue weighted by Gasteiger charge is -2.24. The van der Waals surface area contributed by atoms with E-state index in [1.165, 1.54) is 12.4 Å². The van der Waals surface area contributed by atoms with Gasteiger partial charge < -0.3 is 14.6 Å². The van der Waals surface area contributed by atoms with Crippen LogP contribution in [0.2, 0.25) is 0 Å². The summed E-state index contributed by atoms with van der Waals surface area (Å²) in [5, 5.41) is 3.27. The molecule has 0 amide bonds. The van der Waals surface area contributed by atoms with E-state index in [0.29, 0.717) is 11.6 Å². The number of imidazole rings is 1. The highest BCUT2D eigenvalue weighted by Crippen LogP contribution is 2.35. The molecule has 0 spiro atoms. The summed E-state index contributed by atoms with van der Waals surface area (Å²) in [6.07, 6.45) is 8.12. The number of hydrogen-bond acceptors (Lipinski definition) is 5. The van der Waals surface area contributed by atoms with Crippen molar-refractivity contribution in [2.75, 3.05) is 11.9 Å². The predicted octanol–water partition coefficient (Wildman–Crippen LogP) is 5.49. The van der Waals surface area contributed by atoms with Gasteiger partial charge in [0, 0.05) is 30.3 Å². The molecule has 7 nitrogen and oxygen atoms in total. The minimum absolute atomic E-state index is 0.00294. The SMILES string of the molecule is [C-]#[N+]c1cnc(Nc2cc(-c3ccccc3)c3ncn(C4CCCCO4)c3c2)nc1. The van der Waals surface area contributed by atoms with E-state index in [4.69, 9.17) is 16.3 Å². The Balaban J connectivity index is 1.61. The molecule has 7 heteroatoms. The molecular weight excluding hydrogens is 376 g/mol. The third kappa shape index (κ3) is 3.49. The first-order chi connectivity index (χ1) is 14.8. The van der Waals surface area contributed by atoms with E-state index < -0.39 is 0 Å². The minimum atomic E-state index is -0.00294. The fourth-order valence-electron chi connectivity index (χ4n) is 3.79. The third-order valence-electron chi connectivity index (χ3n) is 5.25. The van der Waals surface area contributed by atoms with Crippen LogP contribution >= 0.6 is 0 Å². The Bertz CT molecular complexity index is 1200. The molecule has 0 bridgehead atoms. The van der Waals surface area contributed by atoms with Crippen LogP contribution in [0.25, 0.3) is 27.0 Å². The second-order valence-electron chi connectivity index (χ2n) is 7.23. The van der Waals surface area contributed by atoms with Crippen molar-refractivity contribution in [1.82, 2.24) is 19.5 Å². The van der Waals surface area contributed by atoms with E-state index in [0.717, 1.165) is 53.7 Å². The van der Waals surface area contributed by atoms with Gasteiger partial charge in [-0.3, -0.25) is 0 Å². The van der Waals surface area contributed by atoms with Gasteiger partial charge in [0.25, 0.3) is 0 Å². The van der Waals surface area contributed by atoms with E-state index in [9.17, 15) is 0 Å². The smallest absolute Gasteiger partial charge is 0.224 e. The van der Waals surface area contributed by atoms with E-state index in [1.807, 2.05) is 24.5 Å². The Morgan fingerprint density at radius 2 is 1.90 bits per heavy atom. The van der Waals surface area contributed by atoms with Gasteiger partial charge in [-0.25, -0.2) is 19.8 Å². The van der Waals surface area contributed by atoms with Gasteiger partial charge >= 0.3 is 0 Å². The Hall–Kier alpha value is -3.76. The number of benzene rings is 2. The largest absolute Gasteiger partial charge is 0.358 e. The van der Waals surface area contributed by atoms with Crippen molar-refractivity contribution in [2.24, 2.45) is 0 Å². The zero-order chi connectivity index (χ0) is 20.3. The maximum absolute atomic E-state index is 7.06. The molecule has 5 rings (SSSR count). The summed E-state index contributed by atoms with van der Waals surface area (Å²) in [7, 11) is 0. The topological polar surface area (TPSA) is 69.2 Å². The zero-order valence-electron chi connectivity index (χ0n) is 16.3. The predicted molar refractivity (Wildman–Crippen MR) is 116 cm³/mol. The van der Waals surface area contributed by atoms with E-state index in [1.54, 1.807) is 0 Å². The molecule has 0 radical (unpaired) electrons. The first kappa shape index (κ1) is 18.3.